The molecule has 0 aromatic carbocycles. The molecule has 6 unspecified atom stereocenters. The van der Waals surface area contributed by atoms with Crippen LogP contribution in [0.5, 0.6) is 0 Å². The van der Waals surface area contributed by atoms with Gasteiger partial charge in [-0.05, 0) is 72.8 Å². The van der Waals surface area contributed by atoms with E-state index in [1.54, 1.807) is 39.8 Å². The third kappa shape index (κ3) is 5.88. The molecular weight excluding hydrogens is 412 g/mol. The highest BCUT2D eigenvalue weighted by Gasteiger charge is 2.63. The van der Waals surface area contributed by atoms with Gasteiger partial charge in [-0.3, -0.25) is 0 Å². The highest BCUT2D eigenvalue weighted by Crippen LogP contribution is 2.52. The van der Waals surface area contributed by atoms with Crippen LogP contribution < -0.4 is 0 Å². The fourth-order valence-electron chi connectivity index (χ4n) is 3.94. The number of fused-ring (bicyclic) bond motifs is 1. The molecule has 2 aliphatic rings. The molecule has 1 heterocycles. The van der Waals surface area contributed by atoms with Crippen LogP contribution >= 0.6 is 0 Å². The van der Waals surface area contributed by atoms with E-state index >= 15 is 0 Å². The summed E-state index contributed by atoms with van der Waals surface area (Å²) in [6, 6.07) is 0. The Balaban J connectivity index is 2.08. The Hall–Kier alpha value is -1.96. The molecular formula is C25H38O7. The molecule has 6 atom stereocenters. The lowest BCUT2D eigenvalue weighted by Gasteiger charge is -2.35. The monoisotopic (exact) mass is 450 g/mol. The molecule has 1 aliphatic carbocycles. The number of esters is 2. The number of allylic oxidation sites excluding steroid dienone is 2. The van der Waals surface area contributed by atoms with Crippen molar-refractivity contribution >= 4 is 11.9 Å². The van der Waals surface area contributed by atoms with Gasteiger partial charge in [0.2, 0.25) is 0 Å². The smallest absolute Gasteiger partial charge is 0.333 e. The first kappa shape index (κ1) is 26.3. The molecule has 1 saturated carbocycles. The Bertz CT molecular complexity index is 804. The minimum atomic E-state index is -1.35. The van der Waals surface area contributed by atoms with Gasteiger partial charge in [-0.2, -0.15) is 0 Å². The summed E-state index contributed by atoms with van der Waals surface area (Å²) in [6.07, 6.45) is 2.03. The van der Waals surface area contributed by atoms with E-state index in [1.165, 1.54) is 13.8 Å². The SMILES string of the molecule is C=C(C(O)CC(OC(=O)C(C)=CC)C(C)(C)O)C1CC(OC(=O)C(C)=CC)C2(C)OC2C1. The minimum Gasteiger partial charge on any atom is -0.456 e. The van der Waals surface area contributed by atoms with E-state index < -0.39 is 35.5 Å². The van der Waals surface area contributed by atoms with E-state index in [2.05, 4.69) is 6.58 Å². The molecule has 0 spiro atoms. The molecule has 2 rings (SSSR count). The summed E-state index contributed by atoms with van der Waals surface area (Å²) in [4.78, 5) is 24.5. The molecule has 7 nitrogen and oxygen atoms in total. The summed E-state index contributed by atoms with van der Waals surface area (Å²) < 4.78 is 17.0. The van der Waals surface area contributed by atoms with Crippen molar-refractivity contribution in [3.8, 4) is 0 Å². The first-order chi connectivity index (χ1) is 14.7. The van der Waals surface area contributed by atoms with Gasteiger partial charge >= 0.3 is 11.9 Å². The van der Waals surface area contributed by atoms with Gasteiger partial charge in [-0.15, -0.1) is 0 Å². The van der Waals surface area contributed by atoms with Crippen LogP contribution in [0.3, 0.4) is 0 Å². The predicted octanol–water partition coefficient (Wildman–Crippen LogP) is 3.39. The van der Waals surface area contributed by atoms with E-state index in [-0.39, 0.29) is 24.4 Å². The van der Waals surface area contributed by atoms with Gasteiger partial charge in [-0.1, -0.05) is 18.7 Å². The molecule has 32 heavy (non-hydrogen) atoms. The Labute approximate surface area is 191 Å². The zero-order valence-electron chi connectivity index (χ0n) is 20.3. The highest BCUT2D eigenvalue weighted by molar-refractivity contribution is 5.88. The maximum Gasteiger partial charge on any atom is 0.333 e. The standard InChI is InChI=1S/C25H38O7/c1-9-14(3)22(27)30-19(24(6,7)29)13-18(26)16(5)17-11-20(25(8)21(12-17)32-25)31-23(28)15(4)10-2/h9-10,17-21,26,29H,5,11-13H2,1-4,6-8H3. The number of carbonyl (C=O) groups excluding carboxylic acids is 2. The number of rotatable bonds is 9. The van der Waals surface area contributed by atoms with E-state index in [4.69, 9.17) is 14.2 Å². The van der Waals surface area contributed by atoms with Gasteiger partial charge in [0, 0.05) is 17.6 Å². The van der Waals surface area contributed by atoms with Crippen LogP contribution in [0.4, 0.5) is 0 Å². The molecule has 2 fully saturated rings. The third-order valence-corrected chi connectivity index (χ3v) is 6.80. The molecule has 0 radical (unpaired) electrons. The van der Waals surface area contributed by atoms with Crippen LogP contribution in [-0.2, 0) is 23.8 Å². The molecule has 0 bridgehead atoms. The summed E-state index contributed by atoms with van der Waals surface area (Å²) in [5.74, 6) is -1.05. The minimum absolute atomic E-state index is 0.00644. The van der Waals surface area contributed by atoms with E-state index in [0.717, 1.165) is 0 Å². The summed E-state index contributed by atoms with van der Waals surface area (Å²) in [5, 5.41) is 21.4. The Morgan fingerprint density at radius 1 is 1.19 bits per heavy atom. The van der Waals surface area contributed by atoms with Gasteiger partial charge in [0.05, 0.1) is 17.8 Å². The van der Waals surface area contributed by atoms with E-state index in [0.29, 0.717) is 29.6 Å². The van der Waals surface area contributed by atoms with Crippen molar-refractivity contribution in [3.63, 3.8) is 0 Å². The first-order valence-corrected chi connectivity index (χ1v) is 11.2. The average Bonchev–Trinajstić information content (AvgIpc) is 3.41. The molecule has 1 saturated heterocycles. The largest absolute Gasteiger partial charge is 0.456 e. The number of aliphatic hydroxyl groups is 2. The van der Waals surface area contributed by atoms with Gasteiger partial charge in [0.15, 0.2) is 0 Å². The van der Waals surface area contributed by atoms with Crippen molar-refractivity contribution in [3.05, 3.63) is 35.5 Å². The molecule has 180 valence electrons. The van der Waals surface area contributed by atoms with Crippen LogP contribution in [0, 0.1) is 5.92 Å². The van der Waals surface area contributed by atoms with Crippen LogP contribution in [0.15, 0.2) is 35.5 Å². The van der Waals surface area contributed by atoms with Crippen molar-refractivity contribution in [2.75, 3.05) is 0 Å². The first-order valence-electron chi connectivity index (χ1n) is 11.2. The predicted molar refractivity (Wildman–Crippen MR) is 121 cm³/mol. The Morgan fingerprint density at radius 2 is 1.75 bits per heavy atom. The van der Waals surface area contributed by atoms with Crippen LogP contribution in [0.2, 0.25) is 0 Å². The third-order valence-electron chi connectivity index (χ3n) is 6.80. The van der Waals surface area contributed by atoms with Gasteiger partial charge in [0.25, 0.3) is 0 Å². The quantitative estimate of drug-likeness (QED) is 0.240. The summed E-state index contributed by atoms with van der Waals surface area (Å²) in [7, 11) is 0. The zero-order valence-corrected chi connectivity index (χ0v) is 20.3. The number of ether oxygens (including phenoxy) is 3. The van der Waals surface area contributed by atoms with Crippen molar-refractivity contribution in [2.45, 2.75) is 103 Å². The number of hydrogen-bond donors (Lipinski definition) is 2. The van der Waals surface area contributed by atoms with Crippen molar-refractivity contribution < 1.29 is 34.0 Å². The summed E-state index contributed by atoms with van der Waals surface area (Å²) in [6.45, 7) is 15.9. The molecule has 0 aromatic heterocycles. The molecule has 0 amide bonds. The lowest BCUT2D eigenvalue weighted by atomic mass is 9.75. The van der Waals surface area contributed by atoms with Crippen LogP contribution in [-0.4, -0.2) is 57.8 Å². The topological polar surface area (TPSA) is 106 Å². The second kappa shape index (κ2) is 9.89. The maximum absolute atomic E-state index is 12.3. The second-order valence-corrected chi connectivity index (χ2v) is 9.67. The van der Waals surface area contributed by atoms with Crippen molar-refractivity contribution in [2.24, 2.45) is 5.92 Å². The molecule has 0 aromatic rings. The van der Waals surface area contributed by atoms with Crippen molar-refractivity contribution in [1.29, 1.82) is 0 Å². The molecule has 1 aliphatic heterocycles. The fourth-order valence-corrected chi connectivity index (χ4v) is 3.94. The van der Waals surface area contributed by atoms with Gasteiger partial charge in [0.1, 0.15) is 17.8 Å². The number of epoxide rings is 1. The Morgan fingerprint density at radius 3 is 2.28 bits per heavy atom. The van der Waals surface area contributed by atoms with Crippen molar-refractivity contribution in [1.82, 2.24) is 0 Å². The summed E-state index contributed by atoms with van der Waals surface area (Å²) >= 11 is 0. The Kier molecular flexibility index (Phi) is 8.13. The van der Waals surface area contributed by atoms with E-state index in [1.807, 2.05) is 6.92 Å². The van der Waals surface area contributed by atoms with Gasteiger partial charge in [-0.25, -0.2) is 9.59 Å². The molecule has 2 N–H and O–H groups in total. The zero-order chi connectivity index (χ0) is 24.4. The van der Waals surface area contributed by atoms with Crippen LogP contribution in [0.1, 0.15) is 67.7 Å². The van der Waals surface area contributed by atoms with Crippen LogP contribution in [0.25, 0.3) is 0 Å². The normalized spacial score (nSPS) is 30.1. The fraction of sp³-hybridized carbons (Fsp3) is 0.680. The second-order valence-electron chi connectivity index (χ2n) is 9.67. The number of hydrogen-bond acceptors (Lipinski definition) is 7. The maximum atomic E-state index is 12.3. The number of carbonyl (C=O) groups is 2. The molecule has 7 heteroatoms. The average molecular weight is 451 g/mol. The summed E-state index contributed by atoms with van der Waals surface area (Å²) in [5.41, 5.74) is -0.359. The lowest BCUT2D eigenvalue weighted by Crippen LogP contribution is -2.44. The van der Waals surface area contributed by atoms with E-state index in [9.17, 15) is 19.8 Å². The number of aliphatic hydroxyl groups excluding tert-OH is 1. The van der Waals surface area contributed by atoms with Gasteiger partial charge < -0.3 is 24.4 Å². The highest BCUT2D eigenvalue weighted by atomic mass is 16.6. The lowest BCUT2D eigenvalue weighted by molar-refractivity contribution is -0.160.